The van der Waals surface area contributed by atoms with Crippen LogP contribution in [0.25, 0.3) is 21.9 Å². The van der Waals surface area contributed by atoms with Gasteiger partial charge in [0.15, 0.2) is 0 Å². The molecule has 3 heterocycles. The summed E-state index contributed by atoms with van der Waals surface area (Å²) in [6, 6.07) is 5.54. The Labute approximate surface area is 113 Å². The number of furan rings is 2. The van der Waals surface area contributed by atoms with Crippen molar-refractivity contribution in [3.8, 4) is 0 Å². The third-order valence-corrected chi connectivity index (χ3v) is 3.81. The predicted octanol–water partition coefficient (Wildman–Crippen LogP) is 2.70. The SMILES string of the molecule is O=C1CC[C@@H](c2coc3ccc4occc4c23)C(=O)N1. The largest absolute Gasteiger partial charge is 0.464 e. The summed E-state index contributed by atoms with van der Waals surface area (Å²) in [4.78, 5) is 23.3. The van der Waals surface area contributed by atoms with Gasteiger partial charge in [0.25, 0.3) is 0 Å². The smallest absolute Gasteiger partial charge is 0.234 e. The van der Waals surface area contributed by atoms with Crippen molar-refractivity contribution in [1.82, 2.24) is 5.32 Å². The molecule has 1 fully saturated rings. The number of hydrogen-bond donors (Lipinski definition) is 1. The fourth-order valence-corrected chi connectivity index (χ4v) is 2.85. The minimum Gasteiger partial charge on any atom is -0.464 e. The molecular weight excluding hydrogens is 258 g/mol. The number of hydrogen-bond acceptors (Lipinski definition) is 4. The van der Waals surface area contributed by atoms with Crippen LogP contribution in [0.4, 0.5) is 0 Å². The second-order valence-corrected chi connectivity index (χ2v) is 4.97. The second-order valence-electron chi connectivity index (χ2n) is 4.97. The zero-order valence-electron chi connectivity index (χ0n) is 10.5. The lowest BCUT2D eigenvalue weighted by Crippen LogP contribution is -2.39. The first-order valence-electron chi connectivity index (χ1n) is 6.45. The van der Waals surface area contributed by atoms with Crippen LogP contribution in [-0.4, -0.2) is 11.8 Å². The van der Waals surface area contributed by atoms with Gasteiger partial charge in [-0.3, -0.25) is 14.9 Å². The van der Waals surface area contributed by atoms with Gasteiger partial charge in [0.1, 0.15) is 11.2 Å². The zero-order chi connectivity index (χ0) is 13.7. The van der Waals surface area contributed by atoms with Crippen LogP contribution in [0.15, 0.2) is 39.6 Å². The normalized spacial score (nSPS) is 19.7. The van der Waals surface area contributed by atoms with E-state index in [2.05, 4.69) is 5.32 Å². The molecule has 0 radical (unpaired) electrons. The van der Waals surface area contributed by atoms with E-state index >= 15 is 0 Å². The van der Waals surface area contributed by atoms with Crippen LogP contribution < -0.4 is 5.32 Å². The van der Waals surface area contributed by atoms with E-state index in [0.29, 0.717) is 12.8 Å². The Morgan fingerprint density at radius 2 is 1.95 bits per heavy atom. The van der Waals surface area contributed by atoms with Crippen molar-refractivity contribution in [2.75, 3.05) is 0 Å². The molecule has 0 saturated carbocycles. The van der Waals surface area contributed by atoms with Crippen molar-refractivity contribution >= 4 is 33.8 Å². The first-order chi connectivity index (χ1) is 9.74. The van der Waals surface area contributed by atoms with E-state index < -0.39 is 0 Å². The zero-order valence-corrected chi connectivity index (χ0v) is 10.5. The molecule has 0 aliphatic carbocycles. The van der Waals surface area contributed by atoms with Crippen LogP contribution in [0.2, 0.25) is 0 Å². The fraction of sp³-hybridized carbons (Fsp3) is 0.200. The van der Waals surface area contributed by atoms with Crippen molar-refractivity contribution in [1.29, 1.82) is 0 Å². The Hall–Kier alpha value is -2.56. The molecule has 1 saturated heterocycles. The Balaban J connectivity index is 1.93. The number of rotatable bonds is 1. The topological polar surface area (TPSA) is 72.5 Å². The molecule has 100 valence electrons. The Morgan fingerprint density at radius 3 is 2.80 bits per heavy atom. The van der Waals surface area contributed by atoms with Gasteiger partial charge in [-0.2, -0.15) is 0 Å². The molecule has 1 aromatic carbocycles. The van der Waals surface area contributed by atoms with Gasteiger partial charge in [0, 0.05) is 22.8 Å². The highest BCUT2D eigenvalue weighted by Gasteiger charge is 2.31. The molecule has 1 aliphatic rings. The van der Waals surface area contributed by atoms with Gasteiger partial charge in [-0.05, 0) is 24.6 Å². The summed E-state index contributed by atoms with van der Waals surface area (Å²) in [5.74, 6) is -0.827. The van der Waals surface area contributed by atoms with E-state index in [9.17, 15) is 9.59 Å². The van der Waals surface area contributed by atoms with Crippen molar-refractivity contribution in [3.05, 3.63) is 36.3 Å². The number of piperidine rings is 1. The molecule has 5 heteroatoms. The quantitative estimate of drug-likeness (QED) is 0.689. The summed E-state index contributed by atoms with van der Waals surface area (Å²) in [5, 5.41) is 4.20. The van der Waals surface area contributed by atoms with E-state index in [4.69, 9.17) is 8.83 Å². The first-order valence-corrected chi connectivity index (χ1v) is 6.45. The molecule has 2 aromatic heterocycles. The maximum Gasteiger partial charge on any atom is 0.234 e. The van der Waals surface area contributed by atoms with Gasteiger partial charge in [0.05, 0.1) is 18.4 Å². The summed E-state index contributed by atoms with van der Waals surface area (Å²) in [7, 11) is 0. The van der Waals surface area contributed by atoms with Crippen molar-refractivity contribution in [2.24, 2.45) is 0 Å². The van der Waals surface area contributed by atoms with E-state index in [-0.39, 0.29) is 17.7 Å². The summed E-state index contributed by atoms with van der Waals surface area (Å²) >= 11 is 0. The van der Waals surface area contributed by atoms with E-state index in [1.807, 2.05) is 18.2 Å². The minimum absolute atomic E-state index is 0.215. The Morgan fingerprint density at radius 1 is 1.10 bits per heavy atom. The molecule has 3 aromatic rings. The molecule has 20 heavy (non-hydrogen) atoms. The average Bonchev–Trinajstić information content (AvgIpc) is 3.03. The van der Waals surface area contributed by atoms with E-state index in [1.165, 1.54) is 0 Å². The maximum atomic E-state index is 12.0. The average molecular weight is 269 g/mol. The Bertz CT molecular complexity index is 842. The number of imide groups is 1. The van der Waals surface area contributed by atoms with Gasteiger partial charge in [-0.25, -0.2) is 0 Å². The first kappa shape index (κ1) is 11.3. The van der Waals surface area contributed by atoms with Crippen LogP contribution in [0, 0.1) is 0 Å². The van der Waals surface area contributed by atoms with Gasteiger partial charge >= 0.3 is 0 Å². The lowest BCUT2D eigenvalue weighted by atomic mass is 9.89. The molecule has 5 nitrogen and oxygen atoms in total. The lowest BCUT2D eigenvalue weighted by Gasteiger charge is -2.19. The van der Waals surface area contributed by atoms with Crippen molar-refractivity contribution in [2.45, 2.75) is 18.8 Å². The number of carbonyl (C=O) groups is 2. The highest BCUT2D eigenvalue weighted by Crippen LogP contribution is 2.36. The lowest BCUT2D eigenvalue weighted by molar-refractivity contribution is -0.134. The highest BCUT2D eigenvalue weighted by atomic mass is 16.3. The molecule has 0 spiro atoms. The van der Waals surface area contributed by atoms with Crippen LogP contribution in [0.1, 0.15) is 24.3 Å². The summed E-state index contributed by atoms with van der Waals surface area (Å²) in [6.45, 7) is 0. The number of carbonyl (C=O) groups excluding carboxylic acids is 2. The molecule has 2 amide bonds. The minimum atomic E-state index is -0.352. The molecule has 4 rings (SSSR count). The molecule has 1 N–H and O–H groups in total. The predicted molar refractivity (Wildman–Crippen MR) is 71.1 cm³/mol. The third kappa shape index (κ3) is 1.49. The number of nitrogens with one attached hydrogen (secondary N) is 1. The van der Waals surface area contributed by atoms with Crippen LogP contribution >= 0.6 is 0 Å². The monoisotopic (exact) mass is 269 g/mol. The molecule has 1 aliphatic heterocycles. The van der Waals surface area contributed by atoms with Crippen LogP contribution in [0.3, 0.4) is 0 Å². The Kier molecular flexibility index (Phi) is 2.24. The van der Waals surface area contributed by atoms with Crippen molar-refractivity contribution in [3.63, 3.8) is 0 Å². The third-order valence-electron chi connectivity index (χ3n) is 3.81. The summed E-state index contributed by atoms with van der Waals surface area (Å²) in [6.07, 6.45) is 4.08. The van der Waals surface area contributed by atoms with Crippen LogP contribution in [-0.2, 0) is 9.59 Å². The van der Waals surface area contributed by atoms with Gasteiger partial charge < -0.3 is 8.83 Å². The molecule has 0 bridgehead atoms. The van der Waals surface area contributed by atoms with Gasteiger partial charge in [-0.1, -0.05) is 0 Å². The van der Waals surface area contributed by atoms with Crippen molar-refractivity contribution < 1.29 is 18.4 Å². The maximum absolute atomic E-state index is 12.0. The molecule has 0 unspecified atom stereocenters. The highest BCUT2D eigenvalue weighted by molar-refractivity contribution is 6.09. The standard InChI is InChI=1S/C15H11NO4/c17-13-4-1-8(15(18)16-13)10-7-20-12-3-2-11-9(14(10)12)5-6-19-11/h2-3,5-8H,1,4H2,(H,16,17,18)/t8-/m0/s1. The summed E-state index contributed by atoms with van der Waals surface area (Å²) in [5.41, 5.74) is 2.29. The number of fused-ring (bicyclic) bond motifs is 3. The summed E-state index contributed by atoms with van der Waals surface area (Å²) < 4.78 is 10.9. The molecular formula is C15H11NO4. The second kappa shape index (κ2) is 3.96. The van der Waals surface area contributed by atoms with Gasteiger partial charge in [-0.15, -0.1) is 0 Å². The van der Waals surface area contributed by atoms with Gasteiger partial charge in [0.2, 0.25) is 11.8 Å². The fourth-order valence-electron chi connectivity index (χ4n) is 2.85. The van der Waals surface area contributed by atoms with E-state index in [1.54, 1.807) is 12.5 Å². The number of amides is 2. The molecule has 1 atom stereocenters. The number of benzene rings is 1. The van der Waals surface area contributed by atoms with E-state index in [0.717, 1.165) is 27.5 Å². The van der Waals surface area contributed by atoms with Crippen LogP contribution in [0.5, 0.6) is 0 Å².